The van der Waals surface area contributed by atoms with Crippen molar-refractivity contribution in [1.29, 1.82) is 0 Å². The Morgan fingerprint density at radius 2 is 1.83 bits per heavy atom. The van der Waals surface area contributed by atoms with Crippen molar-refractivity contribution in [3.8, 4) is 0 Å². The van der Waals surface area contributed by atoms with Crippen LogP contribution in [0.5, 0.6) is 0 Å². The van der Waals surface area contributed by atoms with E-state index in [2.05, 4.69) is 42.3 Å². The number of nitrogens with one attached hydrogen (secondary N) is 1. The Bertz CT molecular complexity index is 1110. The molecule has 0 radical (unpaired) electrons. The van der Waals surface area contributed by atoms with Gasteiger partial charge in [0.2, 0.25) is 5.91 Å². The molecule has 1 aliphatic heterocycles. The van der Waals surface area contributed by atoms with Crippen LogP contribution in [-0.4, -0.2) is 45.5 Å². The van der Waals surface area contributed by atoms with E-state index >= 15 is 0 Å². The smallest absolute Gasteiger partial charge is 0.270 e. The van der Waals surface area contributed by atoms with E-state index < -0.39 is 6.10 Å². The third-order valence-corrected chi connectivity index (χ3v) is 9.58. The molecule has 0 saturated heterocycles. The summed E-state index contributed by atoms with van der Waals surface area (Å²) in [6.07, 6.45) is 5.68. The lowest BCUT2D eigenvalue weighted by atomic mass is 9.51. The lowest BCUT2D eigenvalue weighted by Gasteiger charge is -2.56. The lowest BCUT2D eigenvalue weighted by Crippen LogP contribution is -2.58. The van der Waals surface area contributed by atoms with Crippen LogP contribution in [0.4, 0.5) is 0 Å². The summed E-state index contributed by atoms with van der Waals surface area (Å²) in [6, 6.07) is 13.7. The third-order valence-electron chi connectivity index (χ3n) is 9.58. The van der Waals surface area contributed by atoms with E-state index in [9.17, 15) is 14.7 Å². The van der Waals surface area contributed by atoms with Crippen LogP contribution in [0.15, 0.2) is 48.7 Å². The van der Waals surface area contributed by atoms with Crippen molar-refractivity contribution in [2.24, 2.45) is 29.1 Å². The Hall–Kier alpha value is -2.73. The summed E-state index contributed by atoms with van der Waals surface area (Å²) in [7, 11) is 0. The van der Waals surface area contributed by atoms with E-state index in [4.69, 9.17) is 0 Å². The molecule has 2 heterocycles. The molecule has 7 atom stereocenters. The number of aliphatic hydroxyl groups excluding tert-OH is 1. The number of fused-ring (bicyclic) bond motifs is 2. The minimum Gasteiger partial charge on any atom is -0.392 e. The summed E-state index contributed by atoms with van der Waals surface area (Å²) >= 11 is 0. The van der Waals surface area contributed by atoms with Gasteiger partial charge in [0.25, 0.3) is 5.91 Å². The number of carbonyl (C=O) groups excluding carboxylic acids is 2. The molecule has 6 heteroatoms. The Kier molecular flexibility index (Phi) is 6.90. The Morgan fingerprint density at radius 3 is 2.58 bits per heavy atom. The molecule has 0 bridgehead atoms. The summed E-state index contributed by atoms with van der Waals surface area (Å²) in [5, 5.41) is 14.9. The van der Waals surface area contributed by atoms with E-state index in [-0.39, 0.29) is 46.9 Å². The van der Waals surface area contributed by atoms with Gasteiger partial charge in [0.05, 0.1) is 6.10 Å². The Balaban J connectivity index is 1.28. The predicted molar refractivity (Wildman–Crippen MR) is 139 cm³/mol. The van der Waals surface area contributed by atoms with Crippen LogP contribution in [0.1, 0.15) is 68.1 Å². The van der Waals surface area contributed by atoms with Gasteiger partial charge >= 0.3 is 0 Å². The summed E-state index contributed by atoms with van der Waals surface area (Å²) in [5.74, 6) is -0.159. The predicted octanol–water partition coefficient (Wildman–Crippen LogP) is 4.22. The van der Waals surface area contributed by atoms with Crippen LogP contribution in [0.2, 0.25) is 0 Å². The van der Waals surface area contributed by atoms with E-state index in [1.54, 1.807) is 18.3 Å². The van der Waals surface area contributed by atoms with Crippen molar-refractivity contribution in [1.82, 2.24) is 15.2 Å². The molecule has 0 spiro atoms. The highest BCUT2D eigenvalue weighted by atomic mass is 16.3. The summed E-state index contributed by atoms with van der Waals surface area (Å²) in [4.78, 5) is 32.6. The summed E-state index contributed by atoms with van der Waals surface area (Å²) in [6.45, 7) is 7.85. The van der Waals surface area contributed by atoms with Gasteiger partial charge in [-0.3, -0.25) is 14.6 Å². The first-order chi connectivity index (χ1) is 17.3. The van der Waals surface area contributed by atoms with Gasteiger partial charge in [-0.1, -0.05) is 51.1 Å². The van der Waals surface area contributed by atoms with Crippen LogP contribution < -0.4 is 5.32 Å². The first kappa shape index (κ1) is 24.9. The van der Waals surface area contributed by atoms with Gasteiger partial charge in [-0.15, -0.1) is 0 Å². The second-order valence-corrected chi connectivity index (χ2v) is 11.6. The van der Waals surface area contributed by atoms with Crippen LogP contribution in [0.3, 0.4) is 0 Å². The minimum absolute atomic E-state index is 0.0180. The average Bonchev–Trinajstić information content (AvgIpc) is 2.90. The standard InChI is InChI=1S/C30H39N3O3/c1-19(29(36)33-17-13-21-8-4-5-9-22(21)18-33)23-11-14-30(3)15-12-24(20(2)26(30)27(23)34)32-28(35)25-10-6-7-16-31-25/h4-10,16,19-20,23-24,26-27,34H,11-15,17-18H2,1-3H3,(H,32,35)/t19-,20+,23?,24-,26+,27-,30-/m0/s1. The molecule has 1 unspecified atom stereocenters. The second kappa shape index (κ2) is 9.97. The van der Waals surface area contributed by atoms with E-state index in [0.29, 0.717) is 12.2 Å². The number of hydrogen-bond donors (Lipinski definition) is 2. The van der Waals surface area contributed by atoms with Crippen molar-refractivity contribution in [2.75, 3.05) is 6.54 Å². The number of hydrogen-bond acceptors (Lipinski definition) is 4. The molecule has 2 amide bonds. The van der Waals surface area contributed by atoms with Crippen molar-refractivity contribution in [3.63, 3.8) is 0 Å². The zero-order valence-electron chi connectivity index (χ0n) is 21.7. The zero-order chi connectivity index (χ0) is 25.4. The summed E-state index contributed by atoms with van der Waals surface area (Å²) < 4.78 is 0. The number of nitrogens with zero attached hydrogens (tertiary/aromatic N) is 2. The van der Waals surface area contributed by atoms with Gasteiger partial charge in [0.1, 0.15) is 5.69 Å². The van der Waals surface area contributed by atoms with Crippen molar-refractivity contribution < 1.29 is 14.7 Å². The number of aliphatic hydroxyl groups is 1. The topological polar surface area (TPSA) is 82.5 Å². The molecular weight excluding hydrogens is 450 g/mol. The second-order valence-electron chi connectivity index (χ2n) is 11.6. The highest BCUT2D eigenvalue weighted by Gasteiger charge is 2.54. The molecule has 3 aliphatic rings. The molecular formula is C30H39N3O3. The van der Waals surface area contributed by atoms with Crippen LogP contribution in [0.25, 0.3) is 0 Å². The van der Waals surface area contributed by atoms with Crippen LogP contribution in [0, 0.1) is 29.1 Å². The number of pyridine rings is 1. The molecule has 2 N–H and O–H groups in total. The Labute approximate surface area is 214 Å². The van der Waals surface area contributed by atoms with Gasteiger partial charge in [0, 0.05) is 31.2 Å². The molecule has 192 valence electrons. The van der Waals surface area contributed by atoms with E-state index in [1.807, 2.05) is 24.0 Å². The van der Waals surface area contributed by atoms with Gasteiger partial charge in [-0.25, -0.2) is 0 Å². The van der Waals surface area contributed by atoms with Gasteiger partial charge < -0.3 is 15.3 Å². The fraction of sp³-hybridized carbons (Fsp3) is 0.567. The maximum atomic E-state index is 13.6. The van der Waals surface area contributed by atoms with Gasteiger partial charge in [0.15, 0.2) is 0 Å². The SMILES string of the molecule is C[C@H]1[C@@H]2[C@@H](O)C([C@H](C)C(=O)N3CCc4ccccc4C3)CC[C@@]2(C)CC[C@@H]1NC(=O)c1ccccn1. The molecule has 2 fully saturated rings. The van der Waals surface area contributed by atoms with Crippen LogP contribution >= 0.6 is 0 Å². The fourth-order valence-corrected chi connectivity index (χ4v) is 7.39. The lowest BCUT2D eigenvalue weighted by molar-refractivity contribution is -0.150. The maximum absolute atomic E-state index is 13.6. The molecule has 2 aliphatic carbocycles. The maximum Gasteiger partial charge on any atom is 0.270 e. The molecule has 6 nitrogen and oxygen atoms in total. The summed E-state index contributed by atoms with van der Waals surface area (Å²) in [5.41, 5.74) is 3.00. The molecule has 2 saturated carbocycles. The first-order valence-electron chi connectivity index (χ1n) is 13.5. The average molecular weight is 490 g/mol. The van der Waals surface area contributed by atoms with Crippen molar-refractivity contribution in [3.05, 3.63) is 65.5 Å². The quantitative estimate of drug-likeness (QED) is 0.674. The molecule has 2 aromatic rings. The number of benzene rings is 1. The van der Waals surface area contributed by atoms with E-state index in [1.165, 1.54) is 11.1 Å². The highest BCUT2D eigenvalue weighted by Crippen LogP contribution is 2.55. The number of aromatic nitrogens is 1. The number of carbonyl (C=O) groups is 2. The Morgan fingerprint density at radius 1 is 1.11 bits per heavy atom. The third kappa shape index (κ3) is 4.56. The minimum atomic E-state index is -0.565. The number of amides is 2. The molecule has 1 aromatic carbocycles. The van der Waals surface area contributed by atoms with Gasteiger partial charge in [-0.2, -0.15) is 0 Å². The van der Waals surface area contributed by atoms with Crippen molar-refractivity contribution >= 4 is 11.8 Å². The molecule has 1 aromatic heterocycles. The van der Waals surface area contributed by atoms with Crippen LogP contribution in [-0.2, 0) is 17.8 Å². The molecule has 5 rings (SSSR count). The number of rotatable bonds is 4. The van der Waals surface area contributed by atoms with Gasteiger partial charge in [-0.05, 0) is 78.5 Å². The fourth-order valence-electron chi connectivity index (χ4n) is 7.39. The van der Waals surface area contributed by atoms with Crippen molar-refractivity contribution in [2.45, 2.75) is 71.6 Å². The zero-order valence-corrected chi connectivity index (χ0v) is 21.7. The van der Waals surface area contributed by atoms with E-state index in [0.717, 1.165) is 38.6 Å². The normalized spacial score (nSPS) is 32.7. The molecule has 36 heavy (non-hydrogen) atoms. The monoisotopic (exact) mass is 489 g/mol. The first-order valence-corrected chi connectivity index (χ1v) is 13.5. The largest absolute Gasteiger partial charge is 0.392 e. The highest BCUT2D eigenvalue weighted by molar-refractivity contribution is 5.92.